The Morgan fingerprint density at radius 3 is 2.15 bits per heavy atom. The average molecular weight is 388 g/mol. The number of benzene rings is 1. The number of allylic oxidation sites excluding steroid dienone is 2. The summed E-state index contributed by atoms with van der Waals surface area (Å²) in [5, 5.41) is 3.11. The van der Waals surface area contributed by atoms with Crippen LogP contribution in [0.5, 0.6) is 0 Å². The van der Waals surface area contributed by atoms with Gasteiger partial charge < -0.3 is 10.6 Å². The number of alkyl halides is 6. The van der Waals surface area contributed by atoms with Crippen LogP contribution in [0.4, 0.5) is 32.0 Å². The Bertz CT molecular complexity index is 874. The predicted molar refractivity (Wildman–Crippen MR) is 87.2 cm³/mol. The van der Waals surface area contributed by atoms with Gasteiger partial charge in [0.25, 0.3) is 0 Å². The molecule has 1 aromatic heterocycles. The van der Waals surface area contributed by atoms with Gasteiger partial charge in [0.15, 0.2) is 5.69 Å². The zero-order valence-electron chi connectivity index (χ0n) is 13.7. The van der Waals surface area contributed by atoms with Crippen molar-refractivity contribution in [3.8, 4) is 5.69 Å². The summed E-state index contributed by atoms with van der Waals surface area (Å²) in [6.07, 6.45) is -4.44. The van der Waals surface area contributed by atoms with Crippen molar-refractivity contribution in [1.82, 2.24) is 9.78 Å². The molecule has 2 heterocycles. The van der Waals surface area contributed by atoms with Crippen molar-refractivity contribution in [2.45, 2.75) is 12.4 Å². The number of anilines is 1. The van der Waals surface area contributed by atoms with E-state index in [1.165, 1.54) is 24.3 Å². The van der Waals surface area contributed by atoms with E-state index < -0.39 is 23.7 Å². The lowest BCUT2D eigenvalue weighted by Gasteiger charge is -2.27. The van der Waals surface area contributed by atoms with Crippen LogP contribution < -0.4 is 10.6 Å². The topological polar surface area (TPSA) is 47.1 Å². The molecule has 0 saturated heterocycles. The second-order valence-electron chi connectivity index (χ2n) is 5.74. The number of nitrogens with two attached hydrogens (primary N) is 1. The van der Waals surface area contributed by atoms with Gasteiger partial charge in [-0.05, 0) is 30.3 Å². The molecule has 1 aliphatic heterocycles. The smallest absolute Gasteiger partial charge is 0.340 e. The molecule has 0 spiro atoms. The summed E-state index contributed by atoms with van der Waals surface area (Å²) in [6.45, 7) is 0.786. The highest BCUT2D eigenvalue weighted by molar-refractivity contribution is 5.57. The van der Waals surface area contributed by atoms with E-state index in [0.717, 1.165) is 5.70 Å². The number of hydrogen-bond donors (Lipinski definition) is 1. The normalized spacial score (nSPS) is 15.2. The van der Waals surface area contributed by atoms with Crippen LogP contribution in [0.15, 0.2) is 54.3 Å². The number of halogens is 6. The van der Waals surface area contributed by atoms with Gasteiger partial charge in [0, 0.05) is 30.5 Å². The molecule has 1 aliphatic rings. The molecule has 0 fully saturated rings. The SMILES string of the molecule is NCC1=CC=CCN1c1ccc(-n2nc(C(F)(F)F)cc2C(F)(F)F)cc1. The standard InChI is InChI=1S/C17H14F6N4/c18-16(19,20)14-9-15(17(21,22)23)27(25-14)12-6-4-11(5-7-12)26-8-2-1-3-13(26)10-24/h1-7,9H,8,10,24H2. The second kappa shape index (κ2) is 6.76. The molecule has 1 aromatic carbocycles. The summed E-state index contributed by atoms with van der Waals surface area (Å²) in [5.74, 6) is 0. The Balaban J connectivity index is 1.99. The van der Waals surface area contributed by atoms with Crippen molar-refractivity contribution in [2.75, 3.05) is 18.0 Å². The number of aromatic nitrogens is 2. The number of rotatable bonds is 3. The van der Waals surface area contributed by atoms with Gasteiger partial charge in [-0.3, -0.25) is 0 Å². The van der Waals surface area contributed by atoms with Gasteiger partial charge in [0.2, 0.25) is 0 Å². The minimum absolute atomic E-state index is 0.00138. The van der Waals surface area contributed by atoms with Crippen molar-refractivity contribution in [2.24, 2.45) is 5.73 Å². The van der Waals surface area contributed by atoms with Crippen LogP contribution in [-0.4, -0.2) is 22.9 Å². The van der Waals surface area contributed by atoms with Crippen LogP contribution in [0.2, 0.25) is 0 Å². The molecule has 27 heavy (non-hydrogen) atoms. The summed E-state index contributed by atoms with van der Waals surface area (Å²) in [4.78, 5) is 1.85. The Morgan fingerprint density at radius 1 is 0.963 bits per heavy atom. The van der Waals surface area contributed by atoms with E-state index in [2.05, 4.69) is 5.10 Å². The molecular formula is C17H14F6N4. The first-order chi connectivity index (χ1) is 12.6. The van der Waals surface area contributed by atoms with Crippen molar-refractivity contribution < 1.29 is 26.3 Å². The average Bonchev–Trinajstić information content (AvgIpc) is 3.08. The van der Waals surface area contributed by atoms with Gasteiger partial charge in [-0.15, -0.1) is 0 Å². The van der Waals surface area contributed by atoms with Crippen LogP contribution in [0.3, 0.4) is 0 Å². The molecule has 3 rings (SSSR count). The maximum Gasteiger partial charge on any atom is 0.435 e. The summed E-state index contributed by atoms with van der Waals surface area (Å²) in [6, 6.07) is 5.58. The number of hydrogen-bond acceptors (Lipinski definition) is 3. The van der Waals surface area contributed by atoms with Crippen LogP contribution in [0.1, 0.15) is 11.4 Å². The zero-order chi connectivity index (χ0) is 19.8. The molecule has 10 heteroatoms. The third kappa shape index (κ3) is 3.85. The molecule has 144 valence electrons. The lowest BCUT2D eigenvalue weighted by molar-refractivity contribution is -0.143. The quantitative estimate of drug-likeness (QED) is 0.805. The van der Waals surface area contributed by atoms with E-state index in [1.807, 2.05) is 23.1 Å². The Hall–Kier alpha value is -2.75. The molecule has 0 aliphatic carbocycles. The summed E-state index contributed by atoms with van der Waals surface area (Å²) < 4.78 is 78.1. The van der Waals surface area contributed by atoms with E-state index in [0.29, 0.717) is 12.2 Å². The monoisotopic (exact) mass is 388 g/mol. The van der Waals surface area contributed by atoms with Gasteiger partial charge in [-0.2, -0.15) is 31.4 Å². The molecule has 4 nitrogen and oxygen atoms in total. The maximum absolute atomic E-state index is 13.1. The Morgan fingerprint density at radius 2 is 1.59 bits per heavy atom. The predicted octanol–water partition coefficient (Wildman–Crippen LogP) is 4.13. The van der Waals surface area contributed by atoms with Gasteiger partial charge in [-0.25, -0.2) is 4.68 Å². The van der Waals surface area contributed by atoms with Crippen molar-refractivity contribution in [3.05, 3.63) is 65.6 Å². The molecule has 0 amide bonds. The molecule has 0 bridgehead atoms. The van der Waals surface area contributed by atoms with Crippen LogP contribution in [-0.2, 0) is 12.4 Å². The van der Waals surface area contributed by atoms with Crippen LogP contribution in [0.25, 0.3) is 5.69 Å². The maximum atomic E-state index is 13.1. The highest BCUT2D eigenvalue weighted by Crippen LogP contribution is 2.36. The first-order valence-electron chi connectivity index (χ1n) is 7.79. The minimum atomic E-state index is -4.98. The van der Waals surface area contributed by atoms with Gasteiger partial charge in [0.1, 0.15) is 5.69 Å². The minimum Gasteiger partial charge on any atom is -0.340 e. The summed E-state index contributed by atoms with van der Waals surface area (Å²) >= 11 is 0. The summed E-state index contributed by atoms with van der Waals surface area (Å²) in [7, 11) is 0. The third-order valence-corrected chi connectivity index (χ3v) is 3.96. The molecule has 0 atom stereocenters. The van der Waals surface area contributed by atoms with Gasteiger partial charge in [0.05, 0.1) is 5.69 Å². The number of nitrogens with zero attached hydrogens (tertiary/aromatic N) is 3. The van der Waals surface area contributed by atoms with Gasteiger partial charge in [-0.1, -0.05) is 12.2 Å². The largest absolute Gasteiger partial charge is 0.435 e. The molecule has 2 N–H and O–H groups in total. The zero-order valence-corrected chi connectivity index (χ0v) is 13.7. The fourth-order valence-corrected chi connectivity index (χ4v) is 2.69. The molecule has 2 aromatic rings. The van der Waals surface area contributed by atoms with Crippen LogP contribution in [0, 0.1) is 0 Å². The van der Waals surface area contributed by atoms with Crippen molar-refractivity contribution >= 4 is 5.69 Å². The van der Waals surface area contributed by atoms with E-state index in [-0.39, 0.29) is 23.0 Å². The lowest BCUT2D eigenvalue weighted by Crippen LogP contribution is -2.28. The highest BCUT2D eigenvalue weighted by Gasteiger charge is 2.42. The Kier molecular flexibility index (Phi) is 4.77. The van der Waals surface area contributed by atoms with E-state index in [4.69, 9.17) is 5.73 Å². The fourth-order valence-electron chi connectivity index (χ4n) is 2.69. The van der Waals surface area contributed by atoms with Crippen molar-refractivity contribution in [3.63, 3.8) is 0 Å². The fraction of sp³-hybridized carbons (Fsp3) is 0.235. The summed E-state index contributed by atoms with van der Waals surface area (Å²) in [5.41, 5.74) is 3.90. The van der Waals surface area contributed by atoms with E-state index >= 15 is 0 Å². The molecule has 0 saturated carbocycles. The first-order valence-corrected chi connectivity index (χ1v) is 7.79. The molecular weight excluding hydrogens is 374 g/mol. The first kappa shape index (κ1) is 19.0. The van der Waals surface area contributed by atoms with Gasteiger partial charge >= 0.3 is 12.4 Å². The van der Waals surface area contributed by atoms with E-state index in [9.17, 15) is 26.3 Å². The lowest BCUT2D eigenvalue weighted by atomic mass is 10.2. The highest BCUT2D eigenvalue weighted by atomic mass is 19.4. The van der Waals surface area contributed by atoms with Crippen molar-refractivity contribution in [1.29, 1.82) is 0 Å². The Labute approximate surface area is 150 Å². The molecule has 0 unspecified atom stereocenters. The van der Waals surface area contributed by atoms with Crippen LogP contribution >= 0.6 is 0 Å². The third-order valence-electron chi connectivity index (χ3n) is 3.96. The van der Waals surface area contributed by atoms with E-state index in [1.54, 1.807) is 0 Å². The molecule has 0 radical (unpaired) electrons. The second-order valence-corrected chi connectivity index (χ2v) is 5.74.